The predicted molar refractivity (Wildman–Crippen MR) is 60.1 cm³/mol. The van der Waals surface area contributed by atoms with Crippen LogP contribution in [-0.2, 0) is 0 Å². The molecule has 0 aliphatic rings. The van der Waals surface area contributed by atoms with E-state index in [9.17, 15) is 9.18 Å². The quantitative estimate of drug-likeness (QED) is 0.764. The minimum atomic E-state index is -0.545. The van der Waals surface area contributed by atoms with Crippen LogP contribution in [0.4, 0.5) is 14.9 Å². The molecule has 88 valence electrons. The van der Waals surface area contributed by atoms with E-state index in [0.717, 1.165) is 6.07 Å². The van der Waals surface area contributed by atoms with Crippen molar-refractivity contribution in [3.8, 4) is 0 Å². The first-order valence-corrected chi connectivity index (χ1v) is 5.04. The van der Waals surface area contributed by atoms with Gasteiger partial charge < -0.3 is 15.7 Å². The van der Waals surface area contributed by atoms with Crippen LogP contribution in [0.2, 0.25) is 5.02 Å². The van der Waals surface area contributed by atoms with Crippen LogP contribution in [0.25, 0.3) is 0 Å². The van der Waals surface area contributed by atoms with Crippen molar-refractivity contribution in [3.63, 3.8) is 0 Å². The number of aliphatic hydroxyl groups is 1. The number of anilines is 1. The molecule has 2 amide bonds. The molecule has 0 aromatic heterocycles. The SMILES string of the molecule is C[C@@H](CO)NC(=O)Nc1ccc(F)c(Cl)c1. The lowest BCUT2D eigenvalue weighted by molar-refractivity contribution is 0.229. The molecule has 1 rings (SSSR count). The molecule has 6 heteroatoms. The molecule has 0 unspecified atom stereocenters. The molecule has 0 fully saturated rings. The number of nitrogens with one attached hydrogen (secondary N) is 2. The van der Waals surface area contributed by atoms with Gasteiger partial charge in [0.15, 0.2) is 0 Å². The summed E-state index contributed by atoms with van der Waals surface area (Å²) in [6.45, 7) is 1.49. The minimum Gasteiger partial charge on any atom is -0.394 e. The van der Waals surface area contributed by atoms with Crippen LogP contribution < -0.4 is 10.6 Å². The maximum absolute atomic E-state index is 12.8. The van der Waals surface area contributed by atoms with Gasteiger partial charge in [-0.25, -0.2) is 9.18 Å². The number of rotatable bonds is 3. The Morgan fingerprint density at radius 3 is 2.88 bits per heavy atom. The molecule has 0 spiro atoms. The van der Waals surface area contributed by atoms with Crippen molar-refractivity contribution in [1.82, 2.24) is 5.32 Å². The Kier molecular flexibility index (Phi) is 4.52. The predicted octanol–water partition coefficient (Wildman–Crippen LogP) is 1.98. The van der Waals surface area contributed by atoms with Crippen molar-refractivity contribution in [3.05, 3.63) is 29.0 Å². The highest BCUT2D eigenvalue weighted by molar-refractivity contribution is 6.31. The Morgan fingerprint density at radius 2 is 2.31 bits per heavy atom. The van der Waals surface area contributed by atoms with Crippen LogP contribution in [-0.4, -0.2) is 23.8 Å². The molecule has 4 nitrogen and oxygen atoms in total. The number of carbonyl (C=O) groups excluding carboxylic acids is 1. The molecule has 1 atom stereocenters. The molecular formula is C10H12ClFN2O2. The number of carbonyl (C=O) groups is 1. The van der Waals surface area contributed by atoms with Crippen LogP contribution in [0, 0.1) is 5.82 Å². The Bertz CT molecular complexity index is 387. The van der Waals surface area contributed by atoms with Crippen molar-refractivity contribution < 1.29 is 14.3 Å². The van der Waals surface area contributed by atoms with Gasteiger partial charge in [0.25, 0.3) is 0 Å². The zero-order chi connectivity index (χ0) is 12.1. The lowest BCUT2D eigenvalue weighted by Crippen LogP contribution is -2.38. The summed E-state index contributed by atoms with van der Waals surface area (Å²) >= 11 is 5.54. The molecule has 0 bridgehead atoms. The van der Waals surface area contributed by atoms with Crippen molar-refractivity contribution in [2.24, 2.45) is 0 Å². The molecule has 1 aromatic rings. The number of hydrogen-bond donors (Lipinski definition) is 3. The van der Waals surface area contributed by atoms with E-state index in [4.69, 9.17) is 16.7 Å². The topological polar surface area (TPSA) is 61.4 Å². The normalized spacial score (nSPS) is 12.0. The summed E-state index contributed by atoms with van der Waals surface area (Å²) in [5, 5.41) is 13.6. The van der Waals surface area contributed by atoms with Crippen molar-refractivity contribution >= 4 is 23.3 Å². The van der Waals surface area contributed by atoms with E-state index in [-0.39, 0.29) is 17.7 Å². The number of benzene rings is 1. The van der Waals surface area contributed by atoms with E-state index in [2.05, 4.69) is 10.6 Å². The summed E-state index contributed by atoms with van der Waals surface area (Å²) in [6.07, 6.45) is 0. The summed E-state index contributed by atoms with van der Waals surface area (Å²) in [5.74, 6) is -0.545. The molecule has 0 saturated carbocycles. The Labute approximate surface area is 97.4 Å². The molecule has 0 saturated heterocycles. The van der Waals surface area contributed by atoms with Crippen LogP contribution >= 0.6 is 11.6 Å². The lowest BCUT2D eigenvalue weighted by Gasteiger charge is -2.12. The fourth-order valence-corrected chi connectivity index (χ4v) is 1.19. The fraction of sp³-hybridized carbons (Fsp3) is 0.300. The van der Waals surface area contributed by atoms with Crippen molar-refractivity contribution in [1.29, 1.82) is 0 Å². The molecule has 0 aliphatic heterocycles. The second-order valence-electron chi connectivity index (χ2n) is 3.31. The molecule has 0 heterocycles. The van der Waals surface area contributed by atoms with Gasteiger partial charge in [-0.15, -0.1) is 0 Å². The zero-order valence-electron chi connectivity index (χ0n) is 8.63. The van der Waals surface area contributed by atoms with E-state index in [1.807, 2.05) is 0 Å². The second kappa shape index (κ2) is 5.67. The number of amides is 2. The Balaban J connectivity index is 2.59. The summed E-state index contributed by atoms with van der Waals surface area (Å²) in [7, 11) is 0. The molecule has 1 aromatic carbocycles. The van der Waals surface area contributed by atoms with Gasteiger partial charge in [0.1, 0.15) is 5.82 Å². The van der Waals surface area contributed by atoms with Gasteiger partial charge in [0.05, 0.1) is 17.7 Å². The number of urea groups is 1. The van der Waals surface area contributed by atoms with E-state index in [0.29, 0.717) is 5.69 Å². The second-order valence-corrected chi connectivity index (χ2v) is 3.72. The third-order valence-electron chi connectivity index (χ3n) is 1.83. The number of aliphatic hydroxyl groups excluding tert-OH is 1. The third kappa shape index (κ3) is 3.67. The van der Waals surface area contributed by atoms with E-state index in [1.54, 1.807) is 6.92 Å². The first-order chi connectivity index (χ1) is 7.52. The Hall–Kier alpha value is -1.33. The molecular weight excluding hydrogens is 235 g/mol. The lowest BCUT2D eigenvalue weighted by atomic mass is 10.3. The van der Waals surface area contributed by atoms with Gasteiger partial charge >= 0.3 is 6.03 Å². The summed E-state index contributed by atoms with van der Waals surface area (Å²) < 4.78 is 12.8. The van der Waals surface area contributed by atoms with Crippen LogP contribution in [0.1, 0.15) is 6.92 Å². The minimum absolute atomic E-state index is 0.0620. The number of halogens is 2. The summed E-state index contributed by atoms with van der Waals surface area (Å²) in [4.78, 5) is 11.3. The van der Waals surface area contributed by atoms with Crippen LogP contribution in [0.5, 0.6) is 0 Å². The third-order valence-corrected chi connectivity index (χ3v) is 2.12. The maximum atomic E-state index is 12.8. The van der Waals surface area contributed by atoms with Gasteiger partial charge in [-0.2, -0.15) is 0 Å². The van der Waals surface area contributed by atoms with Gasteiger partial charge in [0, 0.05) is 5.69 Å². The first kappa shape index (κ1) is 12.7. The highest BCUT2D eigenvalue weighted by Crippen LogP contribution is 2.19. The standard InChI is InChI=1S/C10H12ClFN2O2/c1-6(5-15)13-10(16)14-7-2-3-9(12)8(11)4-7/h2-4,6,15H,5H2,1H3,(H2,13,14,16)/t6-/m0/s1. The van der Waals surface area contributed by atoms with Gasteiger partial charge in [-0.05, 0) is 25.1 Å². The van der Waals surface area contributed by atoms with Crippen LogP contribution in [0.3, 0.4) is 0 Å². The zero-order valence-corrected chi connectivity index (χ0v) is 9.38. The van der Waals surface area contributed by atoms with Gasteiger partial charge in [0.2, 0.25) is 0 Å². The average molecular weight is 247 g/mol. The largest absolute Gasteiger partial charge is 0.394 e. The maximum Gasteiger partial charge on any atom is 0.319 e. The van der Waals surface area contributed by atoms with Crippen molar-refractivity contribution in [2.75, 3.05) is 11.9 Å². The molecule has 16 heavy (non-hydrogen) atoms. The van der Waals surface area contributed by atoms with Gasteiger partial charge in [-0.1, -0.05) is 11.6 Å². The first-order valence-electron chi connectivity index (χ1n) is 4.66. The van der Waals surface area contributed by atoms with E-state index >= 15 is 0 Å². The van der Waals surface area contributed by atoms with E-state index in [1.165, 1.54) is 12.1 Å². The highest BCUT2D eigenvalue weighted by atomic mass is 35.5. The highest BCUT2D eigenvalue weighted by Gasteiger charge is 2.07. The fourth-order valence-electron chi connectivity index (χ4n) is 1.01. The monoisotopic (exact) mass is 246 g/mol. The molecule has 0 aliphatic carbocycles. The number of hydrogen-bond acceptors (Lipinski definition) is 2. The smallest absolute Gasteiger partial charge is 0.319 e. The summed E-state index contributed by atoms with van der Waals surface area (Å²) in [6, 6.07) is 3.03. The van der Waals surface area contributed by atoms with Gasteiger partial charge in [-0.3, -0.25) is 0 Å². The molecule has 0 radical (unpaired) electrons. The molecule has 3 N–H and O–H groups in total. The average Bonchev–Trinajstić information content (AvgIpc) is 2.23. The van der Waals surface area contributed by atoms with Crippen LogP contribution in [0.15, 0.2) is 18.2 Å². The van der Waals surface area contributed by atoms with E-state index < -0.39 is 11.8 Å². The van der Waals surface area contributed by atoms with Crippen molar-refractivity contribution in [2.45, 2.75) is 13.0 Å². The Morgan fingerprint density at radius 1 is 1.62 bits per heavy atom. The summed E-state index contributed by atoms with van der Waals surface area (Å²) in [5.41, 5.74) is 0.383.